The van der Waals surface area contributed by atoms with E-state index in [0.717, 1.165) is 11.1 Å². The molecule has 0 unspecified atom stereocenters. The van der Waals surface area contributed by atoms with Crippen molar-refractivity contribution >= 4 is 11.9 Å². The number of methoxy groups -OCH3 is 3. The zero-order valence-electron chi connectivity index (χ0n) is 20.5. The van der Waals surface area contributed by atoms with E-state index in [9.17, 15) is 9.59 Å². The number of benzene rings is 3. The third kappa shape index (κ3) is 4.65. The first kappa shape index (κ1) is 24.5. The number of nitrogens with zero attached hydrogens (tertiary/aromatic N) is 2. The van der Waals surface area contributed by atoms with Gasteiger partial charge < -0.3 is 18.9 Å². The van der Waals surface area contributed by atoms with Crippen LogP contribution in [0.3, 0.4) is 0 Å². The molecule has 0 aliphatic rings. The van der Waals surface area contributed by atoms with Crippen LogP contribution < -0.4 is 9.47 Å². The van der Waals surface area contributed by atoms with Crippen LogP contribution in [-0.2, 0) is 16.1 Å². The van der Waals surface area contributed by atoms with Gasteiger partial charge in [-0.1, -0.05) is 48.5 Å². The van der Waals surface area contributed by atoms with Crippen molar-refractivity contribution in [3.05, 3.63) is 95.2 Å². The van der Waals surface area contributed by atoms with E-state index in [1.807, 2.05) is 37.3 Å². The van der Waals surface area contributed by atoms with Crippen molar-refractivity contribution in [1.82, 2.24) is 9.78 Å². The zero-order valence-corrected chi connectivity index (χ0v) is 20.5. The van der Waals surface area contributed by atoms with Gasteiger partial charge in [0.1, 0.15) is 17.9 Å². The molecule has 0 saturated carbocycles. The minimum absolute atomic E-state index is 0.0396. The molecule has 8 nitrogen and oxygen atoms in total. The molecule has 0 amide bonds. The molecule has 4 aromatic rings. The zero-order chi connectivity index (χ0) is 25.7. The highest BCUT2D eigenvalue weighted by Gasteiger charge is 2.33. The number of hydrogen-bond acceptors (Lipinski definition) is 7. The van der Waals surface area contributed by atoms with Gasteiger partial charge in [0.25, 0.3) is 0 Å². The largest absolute Gasteiger partial charge is 0.493 e. The monoisotopic (exact) mass is 486 g/mol. The van der Waals surface area contributed by atoms with Gasteiger partial charge in [0.2, 0.25) is 0 Å². The SMILES string of the molecule is COC(=O)c1c(-c2cccc(OC)c2OCc2ccccc2C)nn(-c2ccccc2)c1C(=O)OC. The van der Waals surface area contributed by atoms with E-state index in [4.69, 9.17) is 18.9 Å². The second-order valence-electron chi connectivity index (χ2n) is 7.85. The molecular weight excluding hydrogens is 460 g/mol. The topological polar surface area (TPSA) is 88.9 Å². The molecule has 1 aromatic heterocycles. The minimum Gasteiger partial charge on any atom is -0.493 e. The van der Waals surface area contributed by atoms with Gasteiger partial charge in [0.15, 0.2) is 17.2 Å². The first-order valence-electron chi connectivity index (χ1n) is 11.2. The number of carbonyl (C=O) groups is 2. The Morgan fingerprint density at radius 1 is 0.833 bits per heavy atom. The highest BCUT2D eigenvalue weighted by Crippen LogP contribution is 2.41. The number of ether oxygens (including phenoxy) is 4. The predicted octanol–water partition coefficient (Wildman–Crippen LogP) is 5.01. The lowest BCUT2D eigenvalue weighted by Gasteiger charge is -2.15. The van der Waals surface area contributed by atoms with Gasteiger partial charge in [0, 0.05) is 5.56 Å². The van der Waals surface area contributed by atoms with Crippen molar-refractivity contribution in [2.24, 2.45) is 0 Å². The molecule has 0 radical (unpaired) electrons. The van der Waals surface area contributed by atoms with Gasteiger partial charge >= 0.3 is 11.9 Å². The number of carbonyl (C=O) groups excluding carboxylic acids is 2. The Morgan fingerprint density at radius 2 is 1.53 bits per heavy atom. The van der Waals surface area contributed by atoms with Crippen molar-refractivity contribution < 1.29 is 28.5 Å². The number of para-hydroxylation sites is 2. The smallest absolute Gasteiger partial charge is 0.357 e. The minimum atomic E-state index is -0.736. The maximum atomic E-state index is 13.0. The predicted molar refractivity (Wildman–Crippen MR) is 134 cm³/mol. The fraction of sp³-hybridized carbons (Fsp3) is 0.179. The molecule has 0 spiro atoms. The van der Waals surface area contributed by atoms with Crippen molar-refractivity contribution in [3.8, 4) is 28.4 Å². The number of aromatic nitrogens is 2. The second-order valence-corrected chi connectivity index (χ2v) is 7.85. The summed E-state index contributed by atoms with van der Waals surface area (Å²) in [7, 11) is 4.02. The summed E-state index contributed by atoms with van der Waals surface area (Å²) >= 11 is 0. The third-order valence-electron chi connectivity index (χ3n) is 5.74. The van der Waals surface area contributed by atoms with E-state index in [1.54, 1.807) is 42.5 Å². The summed E-state index contributed by atoms with van der Waals surface area (Å²) in [5.41, 5.74) is 3.20. The Labute approximate surface area is 209 Å². The van der Waals surface area contributed by atoms with Crippen LogP contribution in [0, 0.1) is 6.92 Å². The molecule has 0 aliphatic carbocycles. The maximum Gasteiger partial charge on any atom is 0.357 e. The van der Waals surface area contributed by atoms with Gasteiger partial charge in [-0.25, -0.2) is 14.3 Å². The van der Waals surface area contributed by atoms with E-state index >= 15 is 0 Å². The number of hydrogen-bond donors (Lipinski definition) is 0. The molecule has 184 valence electrons. The van der Waals surface area contributed by atoms with E-state index in [-0.39, 0.29) is 23.6 Å². The fourth-order valence-corrected chi connectivity index (χ4v) is 3.88. The molecule has 0 saturated heterocycles. The summed E-state index contributed by atoms with van der Waals surface area (Å²) in [4.78, 5) is 25.9. The third-order valence-corrected chi connectivity index (χ3v) is 5.74. The first-order chi connectivity index (χ1) is 17.5. The van der Waals surface area contributed by atoms with Gasteiger partial charge in [-0.15, -0.1) is 0 Å². The average Bonchev–Trinajstić information content (AvgIpc) is 3.32. The maximum absolute atomic E-state index is 13.0. The van der Waals surface area contributed by atoms with Crippen molar-refractivity contribution in [2.75, 3.05) is 21.3 Å². The number of esters is 2. The Hall–Kier alpha value is -4.59. The molecule has 36 heavy (non-hydrogen) atoms. The Bertz CT molecular complexity index is 1390. The summed E-state index contributed by atoms with van der Waals surface area (Å²) < 4.78 is 23.3. The standard InChI is InChI=1S/C28H26N2O6/c1-18-11-8-9-12-19(18)17-36-26-21(15-10-16-22(26)33-2)24-23(27(31)34-3)25(28(32)35-4)30(29-24)20-13-6-5-7-14-20/h5-16H,17H2,1-4H3. The van der Waals surface area contributed by atoms with Crippen LogP contribution in [0.15, 0.2) is 72.8 Å². The van der Waals surface area contributed by atoms with Crippen molar-refractivity contribution in [2.45, 2.75) is 13.5 Å². The van der Waals surface area contributed by atoms with Crippen LogP contribution in [0.25, 0.3) is 16.9 Å². The second kappa shape index (κ2) is 10.8. The van der Waals surface area contributed by atoms with Gasteiger partial charge in [-0.2, -0.15) is 5.10 Å². The van der Waals surface area contributed by atoms with Crippen LogP contribution in [0.1, 0.15) is 32.0 Å². The Morgan fingerprint density at radius 3 is 2.19 bits per heavy atom. The number of aryl methyl sites for hydroxylation is 1. The van der Waals surface area contributed by atoms with Crippen LogP contribution in [0.5, 0.6) is 11.5 Å². The summed E-state index contributed by atoms with van der Waals surface area (Å²) in [5, 5.41) is 4.68. The molecule has 4 rings (SSSR count). The molecule has 0 bridgehead atoms. The van der Waals surface area contributed by atoms with Crippen molar-refractivity contribution in [3.63, 3.8) is 0 Å². The molecule has 0 N–H and O–H groups in total. The van der Waals surface area contributed by atoms with Gasteiger partial charge in [-0.3, -0.25) is 0 Å². The van der Waals surface area contributed by atoms with E-state index in [2.05, 4.69) is 5.10 Å². The van der Waals surface area contributed by atoms with Gasteiger partial charge in [-0.05, 0) is 42.3 Å². The summed E-state index contributed by atoms with van der Waals surface area (Å²) in [6.07, 6.45) is 0. The highest BCUT2D eigenvalue weighted by atomic mass is 16.5. The van der Waals surface area contributed by atoms with Crippen LogP contribution in [-0.4, -0.2) is 43.0 Å². The van der Waals surface area contributed by atoms with Crippen molar-refractivity contribution in [1.29, 1.82) is 0 Å². The Kier molecular flexibility index (Phi) is 7.34. The Balaban J connectivity index is 1.95. The molecule has 8 heteroatoms. The van der Waals surface area contributed by atoms with Crippen LogP contribution >= 0.6 is 0 Å². The molecule has 1 heterocycles. The van der Waals surface area contributed by atoms with Gasteiger partial charge in [0.05, 0.1) is 27.0 Å². The summed E-state index contributed by atoms with van der Waals surface area (Å²) in [5.74, 6) is -0.642. The van der Waals surface area contributed by atoms with Crippen LogP contribution in [0.4, 0.5) is 0 Å². The number of rotatable bonds is 8. The molecule has 0 fully saturated rings. The lowest BCUT2D eigenvalue weighted by molar-refractivity contribution is 0.0549. The average molecular weight is 487 g/mol. The lowest BCUT2D eigenvalue weighted by Crippen LogP contribution is -2.15. The van der Waals surface area contributed by atoms with E-state index in [0.29, 0.717) is 22.7 Å². The van der Waals surface area contributed by atoms with E-state index < -0.39 is 11.9 Å². The highest BCUT2D eigenvalue weighted by molar-refractivity contribution is 6.07. The van der Waals surface area contributed by atoms with E-state index in [1.165, 1.54) is 26.0 Å². The summed E-state index contributed by atoms with van der Waals surface area (Å²) in [6, 6.07) is 22.1. The molecule has 3 aromatic carbocycles. The quantitative estimate of drug-likeness (QED) is 0.324. The van der Waals surface area contributed by atoms with Crippen LogP contribution in [0.2, 0.25) is 0 Å². The fourth-order valence-electron chi connectivity index (χ4n) is 3.88. The molecular formula is C28H26N2O6. The molecule has 0 aliphatic heterocycles. The normalized spacial score (nSPS) is 10.6. The first-order valence-corrected chi connectivity index (χ1v) is 11.2. The molecule has 0 atom stereocenters. The summed E-state index contributed by atoms with van der Waals surface area (Å²) in [6.45, 7) is 2.26. The lowest BCUT2D eigenvalue weighted by atomic mass is 10.0.